The molecule has 2 aromatic carbocycles. The number of carbonyl (C=O) groups is 1. The van der Waals surface area contributed by atoms with Crippen molar-refractivity contribution in [3.8, 4) is 5.75 Å². The van der Waals surface area contributed by atoms with Crippen LogP contribution >= 0.6 is 0 Å². The maximum Gasteiger partial charge on any atom is 0.265 e. The van der Waals surface area contributed by atoms with Crippen molar-refractivity contribution in [3.63, 3.8) is 0 Å². The first-order valence-electron chi connectivity index (χ1n) is 6.24. The van der Waals surface area contributed by atoms with Crippen LogP contribution in [0.1, 0.15) is 6.92 Å². The van der Waals surface area contributed by atoms with Crippen molar-refractivity contribution in [1.82, 2.24) is 0 Å². The molecule has 3 N–H and O–H groups in total. The lowest BCUT2D eigenvalue weighted by atomic mass is 10.2. The van der Waals surface area contributed by atoms with E-state index in [0.29, 0.717) is 11.4 Å². The molecule has 0 aromatic heterocycles. The topological polar surface area (TPSA) is 64.3 Å². The maximum absolute atomic E-state index is 13.0. The Morgan fingerprint density at radius 2 is 1.81 bits per heavy atom. The molecule has 1 atom stereocenters. The van der Waals surface area contributed by atoms with E-state index in [1.54, 1.807) is 24.3 Å². The van der Waals surface area contributed by atoms with E-state index in [1.165, 1.54) is 13.0 Å². The highest BCUT2D eigenvalue weighted by Gasteiger charge is 2.15. The fraction of sp³-hybridized carbons (Fsp3) is 0.133. The molecule has 0 radical (unpaired) electrons. The van der Waals surface area contributed by atoms with Crippen LogP contribution in [0.3, 0.4) is 0 Å². The molecule has 0 spiro atoms. The van der Waals surface area contributed by atoms with Gasteiger partial charge in [-0.25, -0.2) is 8.78 Å². The third kappa shape index (κ3) is 3.92. The second-order valence-electron chi connectivity index (χ2n) is 4.45. The summed E-state index contributed by atoms with van der Waals surface area (Å²) in [6.45, 7) is 1.51. The van der Waals surface area contributed by atoms with Crippen LogP contribution < -0.4 is 15.8 Å². The van der Waals surface area contributed by atoms with E-state index in [0.717, 1.165) is 12.1 Å². The fourth-order valence-corrected chi connectivity index (χ4v) is 1.62. The highest BCUT2D eigenvalue weighted by Crippen LogP contribution is 2.17. The van der Waals surface area contributed by atoms with Gasteiger partial charge in [0.05, 0.1) is 0 Å². The van der Waals surface area contributed by atoms with E-state index in [-0.39, 0.29) is 5.75 Å². The van der Waals surface area contributed by atoms with E-state index < -0.39 is 23.6 Å². The molecule has 0 bridgehead atoms. The van der Waals surface area contributed by atoms with Gasteiger partial charge in [-0.05, 0) is 43.3 Å². The lowest BCUT2D eigenvalue weighted by Gasteiger charge is -2.15. The summed E-state index contributed by atoms with van der Waals surface area (Å²) in [6.07, 6.45) is -0.868. The Morgan fingerprint density at radius 3 is 2.43 bits per heavy atom. The van der Waals surface area contributed by atoms with Crippen molar-refractivity contribution in [3.05, 3.63) is 54.1 Å². The zero-order valence-electron chi connectivity index (χ0n) is 11.3. The minimum atomic E-state index is -1.03. The SMILES string of the molecule is CC(Oc1ccc(F)c(F)c1)C(=O)Nc1ccc(N)cc1. The highest BCUT2D eigenvalue weighted by molar-refractivity contribution is 5.94. The van der Waals surface area contributed by atoms with Gasteiger partial charge in [0.1, 0.15) is 5.75 Å². The highest BCUT2D eigenvalue weighted by atomic mass is 19.2. The molecule has 0 aliphatic rings. The van der Waals surface area contributed by atoms with Gasteiger partial charge in [-0.2, -0.15) is 0 Å². The lowest BCUT2D eigenvalue weighted by molar-refractivity contribution is -0.122. The van der Waals surface area contributed by atoms with Gasteiger partial charge in [-0.1, -0.05) is 0 Å². The first-order valence-corrected chi connectivity index (χ1v) is 6.24. The molecule has 0 heterocycles. The predicted octanol–water partition coefficient (Wildman–Crippen LogP) is 2.95. The van der Waals surface area contributed by atoms with Gasteiger partial charge in [0, 0.05) is 17.4 Å². The largest absolute Gasteiger partial charge is 0.481 e. The van der Waals surface area contributed by atoms with Gasteiger partial charge in [-0.15, -0.1) is 0 Å². The van der Waals surface area contributed by atoms with Gasteiger partial charge in [-0.3, -0.25) is 4.79 Å². The molecule has 0 aliphatic heterocycles. The van der Waals surface area contributed by atoms with Gasteiger partial charge in [0.15, 0.2) is 17.7 Å². The number of nitrogens with one attached hydrogen (secondary N) is 1. The number of nitrogen functional groups attached to an aromatic ring is 1. The number of hydrogen-bond acceptors (Lipinski definition) is 3. The van der Waals surface area contributed by atoms with Crippen molar-refractivity contribution in [1.29, 1.82) is 0 Å². The maximum atomic E-state index is 13.0. The summed E-state index contributed by atoms with van der Waals surface area (Å²) in [7, 11) is 0. The second kappa shape index (κ2) is 6.21. The summed E-state index contributed by atoms with van der Waals surface area (Å²) < 4.78 is 31.1. The number of hydrogen-bond donors (Lipinski definition) is 2. The average molecular weight is 292 g/mol. The zero-order chi connectivity index (χ0) is 15.4. The van der Waals surface area contributed by atoms with Crippen molar-refractivity contribution in [2.45, 2.75) is 13.0 Å². The quantitative estimate of drug-likeness (QED) is 0.852. The monoisotopic (exact) mass is 292 g/mol. The first-order chi connectivity index (χ1) is 9.95. The molecule has 1 amide bonds. The van der Waals surface area contributed by atoms with E-state index in [1.807, 2.05) is 0 Å². The Balaban J connectivity index is 1.98. The van der Waals surface area contributed by atoms with Crippen LogP contribution in [-0.2, 0) is 4.79 Å². The molecule has 2 rings (SSSR count). The molecular weight excluding hydrogens is 278 g/mol. The van der Waals surface area contributed by atoms with Crippen LogP contribution in [0.15, 0.2) is 42.5 Å². The Labute approximate surface area is 120 Å². The van der Waals surface area contributed by atoms with Crippen LogP contribution in [0.5, 0.6) is 5.75 Å². The molecule has 0 saturated heterocycles. The smallest absolute Gasteiger partial charge is 0.265 e. The van der Waals surface area contributed by atoms with Crippen molar-refractivity contribution < 1.29 is 18.3 Å². The Morgan fingerprint density at radius 1 is 1.14 bits per heavy atom. The number of benzene rings is 2. The minimum absolute atomic E-state index is 0.0776. The summed E-state index contributed by atoms with van der Waals surface area (Å²) >= 11 is 0. The van der Waals surface area contributed by atoms with Gasteiger partial charge in [0.25, 0.3) is 5.91 Å². The standard InChI is InChI=1S/C15H14F2N2O2/c1-9(21-12-6-7-13(16)14(17)8-12)15(20)19-11-4-2-10(18)3-5-11/h2-9H,18H2,1H3,(H,19,20). The Kier molecular flexibility index (Phi) is 4.37. The molecule has 110 valence electrons. The number of carbonyl (C=O) groups excluding carboxylic acids is 1. The van der Waals surface area contributed by atoms with Crippen LogP contribution in [0.2, 0.25) is 0 Å². The van der Waals surface area contributed by atoms with E-state index in [4.69, 9.17) is 10.5 Å². The zero-order valence-corrected chi connectivity index (χ0v) is 11.3. The van der Waals surface area contributed by atoms with Gasteiger partial charge >= 0.3 is 0 Å². The number of ether oxygens (including phenoxy) is 1. The molecule has 0 saturated carbocycles. The number of amides is 1. The van der Waals surface area contributed by atoms with E-state index in [9.17, 15) is 13.6 Å². The van der Waals surface area contributed by atoms with Crippen molar-refractivity contribution >= 4 is 17.3 Å². The van der Waals surface area contributed by atoms with Crippen LogP contribution in [0.25, 0.3) is 0 Å². The summed E-state index contributed by atoms with van der Waals surface area (Å²) in [5.74, 6) is -2.33. The summed E-state index contributed by atoms with van der Waals surface area (Å²) in [5.41, 5.74) is 6.69. The summed E-state index contributed by atoms with van der Waals surface area (Å²) in [5, 5.41) is 2.63. The number of anilines is 2. The van der Waals surface area contributed by atoms with Crippen molar-refractivity contribution in [2.24, 2.45) is 0 Å². The van der Waals surface area contributed by atoms with Crippen LogP contribution in [-0.4, -0.2) is 12.0 Å². The molecule has 0 fully saturated rings. The third-order valence-electron chi connectivity index (χ3n) is 2.75. The van der Waals surface area contributed by atoms with E-state index >= 15 is 0 Å². The van der Waals surface area contributed by atoms with E-state index in [2.05, 4.69) is 5.32 Å². The average Bonchev–Trinajstić information content (AvgIpc) is 2.45. The van der Waals surface area contributed by atoms with Crippen LogP contribution in [0, 0.1) is 11.6 Å². The Bertz CT molecular complexity index is 645. The van der Waals surface area contributed by atoms with Crippen LogP contribution in [0.4, 0.5) is 20.2 Å². The minimum Gasteiger partial charge on any atom is -0.481 e. The molecule has 4 nitrogen and oxygen atoms in total. The molecular formula is C15H14F2N2O2. The third-order valence-corrected chi connectivity index (χ3v) is 2.75. The Hall–Kier alpha value is -2.63. The van der Waals surface area contributed by atoms with Gasteiger partial charge in [0.2, 0.25) is 0 Å². The molecule has 6 heteroatoms. The number of rotatable bonds is 4. The summed E-state index contributed by atoms with van der Waals surface area (Å²) in [6, 6.07) is 9.69. The van der Waals surface area contributed by atoms with Crippen molar-refractivity contribution in [2.75, 3.05) is 11.1 Å². The molecule has 0 aliphatic carbocycles. The second-order valence-corrected chi connectivity index (χ2v) is 4.45. The molecule has 1 unspecified atom stereocenters. The number of halogens is 2. The first kappa shape index (κ1) is 14.8. The normalized spacial score (nSPS) is 11.8. The number of nitrogens with two attached hydrogens (primary N) is 1. The molecule has 21 heavy (non-hydrogen) atoms. The lowest BCUT2D eigenvalue weighted by Crippen LogP contribution is -2.30. The van der Waals surface area contributed by atoms with Gasteiger partial charge < -0.3 is 15.8 Å². The summed E-state index contributed by atoms with van der Waals surface area (Å²) in [4.78, 5) is 11.9. The predicted molar refractivity (Wildman–Crippen MR) is 75.9 cm³/mol. The molecule has 2 aromatic rings. The fourth-order valence-electron chi connectivity index (χ4n) is 1.62.